The molecule has 0 saturated carbocycles. The highest BCUT2D eigenvalue weighted by atomic mass is 32.1. The van der Waals surface area contributed by atoms with Gasteiger partial charge in [-0.2, -0.15) is 0 Å². The van der Waals surface area contributed by atoms with E-state index in [2.05, 4.69) is 4.98 Å². The summed E-state index contributed by atoms with van der Waals surface area (Å²) in [6, 6.07) is 19.6. The van der Waals surface area contributed by atoms with Crippen molar-refractivity contribution in [1.29, 1.82) is 0 Å². The number of para-hydroxylation sites is 3. The van der Waals surface area contributed by atoms with Crippen molar-refractivity contribution in [2.75, 3.05) is 0 Å². The topological polar surface area (TPSA) is 104 Å². The van der Waals surface area contributed by atoms with Gasteiger partial charge >= 0.3 is 5.97 Å². The van der Waals surface area contributed by atoms with E-state index in [-0.39, 0.29) is 22.6 Å². The molecule has 0 atom stereocenters. The molecule has 2 heterocycles. The molecule has 2 aromatic heterocycles. The van der Waals surface area contributed by atoms with Gasteiger partial charge in [0.25, 0.3) is 11.2 Å². The fourth-order valence-corrected chi connectivity index (χ4v) is 4.35. The van der Waals surface area contributed by atoms with E-state index in [1.807, 2.05) is 24.3 Å². The van der Waals surface area contributed by atoms with E-state index in [0.29, 0.717) is 9.49 Å². The van der Waals surface area contributed by atoms with E-state index in [1.165, 1.54) is 35.6 Å². The Hall–Kier alpha value is -4.37. The lowest BCUT2D eigenvalue weighted by Crippen LogP contribution is -2.22. The smallest absolute Gasteiger partial charge is 0.350 e. The molecule has 0 fully saturated rings. The average Bonchev–Trinajstić information content (AvgIpc) is 3.31. The van der Waals surface area contributed by atoms with Gasteiger partial charge in [0.1, 0.15) is 11.3 Å². The molecular weight excluding hydrogens is 430 g/mol. The number of hydrogen-bond donors (Lipinski definition) is 0. The molecule has 0 amide bonds. The molecule has 5 rings (SSSR count). The maximum Gasteiger partial charge on any atom is 0.350 e. The molecule has 0 N–H and O–H groups in total. The number of esters is 1. The monoisotopic (exact) mass is 443 g/mol. The van der Waals surface area contributed by atoms with Gasteiger partial charge in [-0.05, 0) is 42.0 Å². The third-order valence-electron chi connectivity index (χ3n) is 4.85. The summed E-state index contributed by atoms with van der Waals surface area (Å²) in [7, 11) is 0. The van der Waals surface area contributed by atoms with Crippen LogP contribution < -0.4 is 14.8 Å². The molecular formula is C23H13N3O5S. The van der Waals surface area contributed by atoms with Gasteiger partial charge in [0.05, 0.1) is 20.5 Å². The Morgan fingerprint density at radius 3 is 2.53 bits per heavy atom. The Morgan fingerprint density at radius 1 is 1.03 bits per heavy atom. The second-order valence-corrected chi connectivity index (χ2v) is 7.88. The Labute approximate surface area is 183 Å². The summed E-state index contributed by atoms with van der Waals surface area (Å²) >= 11 is 1.30. The van der Waals surface area contributed by atoms with E-state index >= 15 is 0 Å². The molecule has 9 heteroatoms. The van der Waals surface area contributed by atoms with E-state index in [0.717, 1.165) is 16.6 Å². The summed E-state index contributed by atoms with van der Waals surface area (Å²) in [6.07, 6.45) is 1.74. The Kier molecular flexibility index (Phi) is 4.72. The predicted octanol–water partition coefficient (Wildman–Crippen LogP) is 3.58. The van der Waals surface area contributed by atoms with Gasteiger partial charge in [-0.25, -0.2) is 14.2 Å². The first kappa shape index (κ1) is 19.6. The third-order valence-corrected chi connectivity index (χ3v) is 5.82. The quantitative estimate of drug-likeness (QED) is 0.182. The summed E-state index contributed by atoms with van der Waals surface area (Å²) in [5.41, 5.74) is 1.68. The van der Waals surface area contributed by atoms with Gasteiger partial charge in [-0.1, -0.05) is 47.7 Å². The highest BCUT2D eigenvalue weighted by molar-refractivity contribution is 7.15. The van der Waals surface area contributed by atoms with Crippen LogP contribution in [0.3, 0.4) is 0 Å². The molecule has 0 aliphatic carbocycles. The summed E-state index contributed by atoms with van der Waals surface area (Å²) < 4.78 is 7.40. The van der Waals surface area contributed by atoms with Crippen molar-refractivity contribution in [3.05, 3.63) is 109 Å². The first-order chi connectivity index (χ1) is 15.5. The van der Waals surface area contributed by atoms with Crippen LogP contribution in [0.1, 0.15) is 15.9 Å². The van der Waals surface area contributed by atoms with Crippen molar-refractivity contribution in [2.24, 2.45) is 0 Å². The van der Waals surface area contributed by atoms with Crippen LogP contribution in [0, 0.1) is 10.1 Å². The second kappa shape index (κ2) is 7.71. The maximum atomic E-state index is 12.8. The molecule has 0 spiro atoms. The average molecular weight is 443 g/mol. The van der Waals surface area contributed by atoms with E-state index in [1.54, 1.807) is 34.7 Å². The molecule has 0 unspecified atom stereocenters. The normalized spacial score (nSPS) is 11.8. The highest BCUT2D eigenvalue weighted by Crippen LogP contribution is 2.21. The number of hydrogen-bond acceptors (Lipinski definition) is 7. The van der Waals surface area contributed by atoms with Crippen LogP contribution in [0.25, 0.3) is 22.1 Å². The van der Waals surface area contributed by atoms with Crippen molar-refractivity contribution < 1.29 is 14.5 Å². The van der Waals surface area contributed by atoms with Crippen molar-refractivity contribution in [3.63, 3.8) is 0 Å². The van der Waals surface area contributed by atoms with Crippen LogP contribution in [-0.2, 0) is 0 Å². The highest BCUT2D eigenvalue weighted by Gasteiger charge is 2.21. The molecule has 32 heavy (non-hydrogen) atoms. The van der Waals surface area contributed by atoms with Crippen molar-refractivity contribution in [1.82, 2.24) is 9.38 Å². The number of aromatic nitrogens is 2. The van der Waals surface area contributed by atoms with Gasteiger partial charge in [0.15, 0.2) is 4.96 Å². The van der Waals surface area contributed by atoms with Crippen LogP contribution in [0.15, 0.2) is 77.6 Å². The summed E-state index contributed by atoms with van der Waals surface area (Å²) in [5, 5.41) is 11.1. The van der Waals surface area contributed by atoms with Crippen LogP contribution in [0.2, 0.25) is 0 Å². The fraction of sp³-hybridized carbons (Fsp3) is 0. The van der Waals surface area contributed by atoms with E-state index in [9.17, 15) is 19.7 Å². The summed E-state index contributed by atoms with van der Waals surface area (Å²) in [5.74, 6) is -0.582. The number of nitro groups is 1. The number of carbonyl (C=O) groups excluding carboxylic acids is 1. The minimum Gasteiger partial charge on any atom is -0.423 e. The van der Waals surface area contributed by atoms with Gasteiger partial charge in [0, 0.05) is 6.07 Å². The molecule has 0 aliphatic rings. The van der Waals surface area contributed by atoms with Crippen LogP contribution in [0.5, 0.6) is 5.75 Å². The third kappa shape index (κ3) is 3.40. The predicted molar refractivity (Wildman–Crippen MR) is 120 cm³/mol. The summed E-state index contributed by atoms with van der Waals surface area (Å²) in [6.45, 7) is 0. The Bertz CT molecular complexity index is 1620. The zero-order valence-electron chi connectivity index (χ0n) is 16.3. The zero-order valence-corrected chi connectivity index (χ0v) is 17.1. The van der Waals surface area contributed by atoms with E-state index in [4.69, 9.17) is 4.74 Å². The number of benzene rings is 3. The lowest BCUT2D eigenvalue weighted by molar-refractivity contribution is -0.385. The second-order valence-electron chi connectivity index (χ2n) is 6.87. The number of nitrogens with zero attached hydrogens (tertiary/aromatic N) is 3. The van der Waals surface area contributed by atoms with Gasteiger partial charge in [0.2, 0.25) is 0 Å². The standard InChI is InChI=1S/C23H13N3O5S/c27-21-20(32-23-24-17-6-2-4-8-19(17)25(21)23)13-14-9-11-15(12-10-14)31-22(28)16-5-1-3-7-18(16)26(29)30/h1-13H. The lowest BCUT2D eigenvalue weighted by atomic mass is 10.2. The first-order valence-electron chi connectivity index (χ1n) is 9.48. The molecule has 0 aliphatic heterocycles. The van der Waals surface area contributed by atoms with Crippen LogP contribution in [-0.4, -0.2) is 20.3 Å². The molecule has 0 radical (unpaired) electrons. The largest absolute Gasteiger partial charge is 0.423 e. The van der Waals surface area contributed by atoms with Gasteiger partial charge in [-0.15, -0.1) is 0 Å². The number of thiazole rings is 1. The maximum absolute atomic E-state index is 12.8. The number of fused-ring (bicyclic) bond motifs is 3. The number of imidazole rings is 1. The lowest BCUT2D eigenvalue weighted by Gasteiger charge is -2.05. The minimum absolute atomic E-state index is 0.127. The molecule has 0 saturated heterocycles. The van der Waals surface area contributed by atoms with E-state index < -0.39 is 10.9 Å². The van der Waals surface area contributed by atoms with Crippen LogP contribution >= 0.6 is 11.3 Å². The summed E-state index contributed by atoms with van der Waals surface area (Å²) in [4.78, 5) is 40.8. The zero-order chi connectivity index (χ0) is 22.2. The van der Waals surface area contributed by atoms with Gasteiger partial charge in [-0.3, -0.25) is 14.9 Å². The molecule has 156 valence electrons. The van der Waals surface area contributed by atoms with Crippen molar-refractivity contribution >= 4 is 45.1 Å². The fourth-order valence-electron chi connectivity index (χ4n) is 3.36. The Balaban J connectivity index is 1.43. The number of ether oxygens (including phenoxy) is 1. The van der Waals surface area contributed by atoms with Crippen molar-refractivity contribution in [3.8, 4) is 5.75 Å². The molecule has 5 aromatic rings. The number of nitro benzene ring substituents is 1. The number of rotatable bonds is 4. The molecule has 0 bridgehead atoms. The first-order valence-corrected chi connectivity index (χ1v) is 10.3. The SMILES string of the molecule is O=C(Oc1ccc(C=c2sc3nc4ccccc4n3c2=O)cc1)c1ccccc1[N+](=O)[O-]. The van der Waals surface area contributed by atoms with Crippen LogP contribution in [0.4, 0.5) is 5.69 Å². The minimum atomic E-state index is -0.817. The molecule has 3 aromatic carbocycles. The molecule has 8 nitrogen and oxygen atoms in total. The van der Waals surface area contributed by atoms with Gasteiger partial charge < -0.3 is 4.74 Å². The number of carbonyl (C=O) groups is 1. The van der Waals surface area contributed by atoms with Crippen molar-refractivity contribution in [2.45, 2.75) is 0 Å². The Morgan fingerprint density at radius 2 is 1.75 bits per heavy atom.